The van der Waals surface area contributed by atoms with Crippen molar-refractivity contribution < 1.29 is 11.0 Å². The zero-order valence-electron chi connectivity index (χ0n) is 7.48. The van der Waals surface area contributed by atoms with Crippen LogP contribution in [0.2, 0.25) is 0 Å². The molecule has 3 nitrogen and oxygen atoms in total. The number of nitrogens with zero attached hydrogens (tertiary/aromatic N) is 1. The largest absolute Gasteiger partial charge is 0.412 e. The van der Waals surface area contributed by atoms with Crippen LogP contribution in [0, 0.1) is 5.41 Å². The zero-order valence-corrected chi connectivity index (χ0v) is 8.29. The molecule has 0 radical (unpaired) electrons. The lowest BCUT2D eigenvalue weighted by atomic mass is 9.93. The van der Waals surface area contributed by atoms with Crippen molar-refractivity contribution >= 4 is 11.9 Å². The van der Waals surface area contributed by atoms with Crippen LogP contribution in [-0.4, -0.2) is 34.6 Å². The van der Waals surface area contributed by atoms with E-state index in [-0.39, 0.29) is 11.0 Å². The van der Waals surface area contributed by atoms with Crippen molar-refractivity contribution in [1.82, 2.24) is 4.31 Å². The standard InChI is InChI=1S/C7H15NS.2H2O/c1-7(2)4-5-8(6-7)9-3;;/h4-6H2,1-3H3;2*1H2. The van der Waals surface area contributed by atoms with E-state index in [4.69, 9.17) is 0 Å². The Morgan fingerprint density at radius 3 is 2.00 bits per heavy atom. The van der Waals surface area contributed by atoms with Crippen LogP contribution in [0.25, 0.3) is 0 Å². The van der Waals surface area contributed by atoms with Gasteiger partial charge in [0, 0.05) is 13.1 Å². The summed E-state index contributed by atoms with van der Waals surface area (Å²) >= 11 is 1.87. The van der Waals surface area contributed by atoms with Gasteiger partial charge in [-0.3, -0.25) is 4.31 Å². The minimum absolute atomic E-state index is 0. The normalized spacial score (nSPS) is 22.1. The van der Waals surface area contributed by atoms with Gasteiger partial charge < -0.3 is 11.0 Å². The SMILES string of the molecule is CSN1CCC(C)(C)C1.O.O. The van der Waals surface area contributed by atoms with Crippen molar-refractivity contribution in [2.24, 2.45) is 5.41 Å². The third kappa shape index (κ3) is 3.96. The van der Waals surface area contributed by atoms with Crippen LogP contribution in [0.3, 0.4) is 0 Å². The Kier molecular flexibility index (Phi) is 6.24. The summed E-state index contributed by atoms with van der Waals surface area (Å²) in [4.78, 5) is 0. The van der Waals surface area contributed by atoms with E-state index < -0.39 is 0 Å². The topological polar surface area (TPSA) is 66.2 Å². The molecule has 11 heavy (non-hydrogen) atoms. The van der Waals surface area contributed by atoms with Gasteiger partial charge in [0.15, 0.2) is 0 Å². The molecular formula is C7H19NO2S. The van der Waals surface area contributed by atoms with Crippen molar-refractivity contribution in [3.8, 4) is 0 Å². The minimum Gasteiger partial charge on any atom is -0.412 e. The summed E-state index contributed by atoms with van der Waals surface area (Å²) in [6, 6.07) is 0. The fraction of sp³-hybridized carbons (Fsp3) is 1.00. The molecule has 1 rings (SSSR count). The monoisotopic (exact) mass is 181 g/mol. The molecule has 70 valence electrons. The average Bonchev–Trinajstić information content (AvgIpc) is 2.10. The number of hydrogen-bond donors (Lipinski definition) is 0. The lowest BCUT2D eigenvalue weighted by Crippen LogP contribution is -2.16. The predicted octanol–water partition coefficient (Wildman–Crippen LogP) is 0.347. The maximum atomic E-state index is 2.43. The maximum Gasteiger partial charge on any atom is 0.0141 e. The molecule has 0 aromatic rings. The average molecular weight is 181 g/mol. The van der Waals surface area contributed by atoms with Crippen molar-refractivity contribution in [2.45, 2.75) is 20.3 Å². The van der Waals surface area contributed by atoms with Crippen LogP contribution < -0.4 is 0 Å². The highest BCUT2D eigenvalue weighted by atomic mass is 32.2. The van der Waals surface area contributed by atoms with Gasteiger partial charge in [0.25, 0.3) is 0 Å². The van der Waals surface area contributed by atoms with Gasteiger partial charge in [-0.15, -0.1) is 0 Å². The van der Waals surface area contributed by atoms with E-state index in [9.17, 15) is 0 Å². The van der Waals surface area contributed by atoms with Crippen LogP contribution in [0.15, 0.2) is 0 Å². The highest BCUT2D eigenvalue weighted by Gasteiger charge is 2.28. The molecule has 0 aliphatic carbocycles. The second-order valence-electron chi connectivity index (χ2n) is 3.46. The summed E-state index contributed by atoms with van der Waals surface area (Å²) < 4.78 is 2.43. The fourth-order valence-corrected chi connectivity index (χ4v) is 1.97. The molecule has 0 aromatic carbocycles. The smallest absolute Gasteiger partial charge is 0.0141 e. The Labute approximate surface area is 72.9 Å². The van der Waals surface area contributed by atoms with Gasteiger partial charge in [-0.05, 0) is 18.1 Å². The van der Waals surface area contributed by atoms with E-state index in [1.54, 1.807) is 0 Å². The maximum absolute atomic E-state index is 2.43. The second-order valence-corrected chi connectivity index (χ2v) is 4.34. The van der Waals surface area contributed by atoms with E-state index in [1.165, 1.54) is 19.5 Å². The molecule has 0 amide bonds. The quantitative estimate of drug-likeness (QED) is 0.548. The minimum atomic E-state index is 0. The van der Waals surface area contributed by atoms with Crippen molar-refractivity contribution in [3.05, 3.63) is 0 Å². The molecule has 1 fully saturated rings. The Balaban J connectivity index is 0. The highest BCUT2D eigenvalue weighted by Crippen LogP contribution is 2.31. The third-order valence-electron chi connectivity index (χ3n) is 1.90. The summed E-state index contributed by atoms with van der Waals surface area (Å²) in [5, 5.41) is 0. The first kappa shape index (κ1) is 13.8. The number of hydrogen-bond acceptors (Lipinski definition) is 2. The molecule has 0 saturated carbocycles. The van der Waals surface area contributed by atoms with Gasteiger partial charge in [0.2, 0.25) is 0 Å². The molecule has 4 heteroatoms. The van der Waals surface area contributed by atoms with E-state index >= 15 is 0 Å². The lowest BCUT2D eigenvalue weighted by Gasteiger charge is -2.16. The van der Waals surface area contributed by atoms with Crippen LogP contribution in [0.1, 0.15) is 20.3 Å². The Morgan fingerprint density at radius 2 is 1.82 bits per heavy atom. The number of rotatable bonds is 1. The van der Waals surface area contributed by atoms with Gasteiger partial charge in [0.1, 0.15) is 0 Å². The van der Waals surface area contributed by atoms with E-state index in [2.05, 4.69) is 24.4 Å². The van der Waals surface area contributed by atoms with Gasteiger partial charge in [-0.25, -0.2) is 0 Å². The molecule has 1 heterocycles. The molecular weight excluding hydrogens is 162 g/mol. The molecule has 0 bridgehead atoms. The molecule has 4 N–H and O–H groups in total. The molecule has 1 aliphatic rings. The summed E-state index contributed by atoms with van der Waals surface area (Å²) in [6.07, 6.45) is 3.51. The van der Waals surface area contributed by atoms with Crippen molar-refractivity contribution in [3.63, 3.8) is 0 Å². The molecule has 0 aromatic heterocycles. The van der Waals surface area contributed by atoms with Crippen LogP contribution in [0.5, 0.6) is 0 Å². The predicted molar refractivity (Wildman–Crippen MR) is 50.7 cm³/mol. The van der Waals surface area contributed by atoms with Gasteiger partial charge in [-0.2, -0.15) is 0 Å². The Bertz CT molecular complexity index is 109. The molecule has 0 spiro atoms. The zero-order chi connectivity index (χ0) is 6.91. The summed E-state index contributed by atoms with van der Waals surface area (Å²) in [5.41, 5.74) is 0.572. The summed E-state index contributed by atoms with van der Waals surface area (Å²) in [6.45, 7) is 7.20. The Morgan fingerprint density at radius 1 is 1.27 bits per heavy atom. The van der Waals surface area contributed by atoms with Crippen molar-refractivity contribution in [2.75, 3.05) is 19.3 Å². The van der Waals surface area contributed by atoms with Crippen LogP contribution in [-0.2, 0) is 0 Å². The first-order valence-corrected chi connectivity index (χ1v) is 4.61. The summed E-state index contributed by atoms with van der Waals surface area (Å²) in [7, 11) is 0. The van der Waals surface area contributed by atoms with Gasteiger partial charge in [-0.1, -0.05) is 25.8 Å². The van der Waals surface area contributed by atoms with Gasteiger partial charge >= 0.3 is 0 Å². The van der Waals surface area contributed by atoms with E-state index in [0.29, 0.717) is 5.41 Å². The van der Waals surface area contributed by atoms with Crippen molar-refractivity contribution in [1.29, 1.82) is 0 Å². The van der Waals surface area contributed by atoms with Crippen LogP contribution in [0.4, 0.5) is 0 Å². The molecule has 0 unspecified atom stereocenters. The second kappa shape index (κ2) is 4.98. The lowest BCUT2D eigenvalue weighted by molar-refractivity contribution is 0.390. The molecule has 0 atom stereocenters. The fourth-order valence-electron chi connectivity index (χ4n) is 1.22. The van der Waals surface area contributed by atoms with E-state index in [0.717, 1.165) is 0 Å². The van der Waals surface area contributed by atoms with Crippen LogP contribution >= 0.6 is 11.9 Å². The van der Waals surface area contributed by atoms with Gasteiger partial charge in [0.05, 0.1) is 0 Å². The molecule has 1 saturated heterocycles. The molecule has 1 aliphatic heterocycles. The Hall–Kier alpha value is 0.230. The third-order valence-corrected chi connectivity index (χ3v) is 2.73. The van der Waals surface area contributed by atoms with E-state index in [1.807, 2.05) is 11.9 Å². The first-order chi connectivity index (χ1) is 4.14. The first-order valence-electron chi connectivity index (χ1n) is 3.43. The highest BCUT2D eigenvalue weighted by molar-refractivity contribution is 7.96. The summed E-state index contributed by atoms with van der Waals surface area (Å²) in [5.74, 6) is 0.